The second-order valence-electron chi connectivity index (χ2n) is 6.32. The third-order valence-corrected chi connectivity index (χ3v) is 4.59. The van der Waals surface area contributed by atoms with Crippen LogP contribution in [0.1, 0.15) is 39.3 Å². The van der Waals surface area contributed by atoms with Crippen LogP contribution in [0, 0.1) is 12.7 Å². The number of furan rings is 1. The van der Waals surface area contributed by atoms with Gasteiger partial charge in [0, 0.05) is 30.8 Å². The van der Waals surface area contributed by atoms with E-state index in [1.807, 2.05) is 6.92 Å². The summed E-state index contributed by atoms with van der Waals surface area (Å²) in [7, 11) is 1.44. The minimum absolute atomic E-state index is 0.0273. The van der Waals surface area contributed by atoms with Gasteiger partial charge in [-0.05, 0) is 38.0 Å². The predicted molar refractivity (Wildman–Crippen MR) is 92.8 cm³/mol. The van der Waals surface area contributed by atoms with E-state index in [1.165, 1.54) is 25.5 Å². The van der Waals surface area contributed by atoms with Crippen molar-refractivity contribution in [3.8, 4) is 5.75 Å². The van der Waals surface area contributed by atoms with Gasteiger partial charge in [0.15, 0.2) is 5.76 Å². The van der Waals surface area contributed by atoms with Gasteiger partial charge in [-0.1, -0.05) is 0 Å². The summed E-state index contributed by atoms with van der Waals surface area (Å²) in [5.74, 6) is -0.522. The second-order valence-corrected chi connectivity index (χ2v) is 6.32. The minimum atomic E-state index is -0.599. The van der Waals surface area contributed by atoms with Crippen LogP contribution < -0.4 is 10.1 Å². The summed E-state index contributed by atoms with van der Waals surface area (Å²) >= 11 is 0. The lowest BCUT2D eigenvalue weighted by molar-refractivity contribution is 0.0691. The number of halogens is 1. The van der Waals surface area contributed by atoms with Gasteiger partial charge in [-0.3, -0.25) is 9.59 Å². The Morgan fingerprint density at radius 2 is 2.00 bits per heavy atom. The molecule has 6 nitrogen and oxygen atoms in total. The average molecular weight is 360 g/mol. The highest BCUT2D eigenvalue weighted by atomic mass is 19.1. The van der Waals surface area contributed by atoms with Crippen molar-refractivity contribution < 1.29 is 23.1 Å². The zero-order chi connectivity index (χ0) is 18.7. The van der Waals surface area contributed by atoms with Crippen molar-refractivity contribution in [2.75, 3.05) is 20.2 Å². The Balaban J connectivity index is 1.57. The summed E-state index contributed by atoms with van der Waals surface area (Å²) in [4.78, 5) is 26.3. The molecule has 1 aliphatic rings. The molecule has 3 rings (SSSR count). The fraction of sp³-hybridized carbons (Fsp3) is 0.368. The summed E-state index contributed by atoms with van der Waals surface area (Å²) in [6.07, 6.45) is 2.69. The first kappa shape index (κ1) is 18.0. The van der Waals surface area contributed by atoms with E-state index in [0.717, 1.165) is 5.56 Å². The molecule has 0 radical (unpaired) electrons. The van der Waals surface area contributed by atoms with Crippen LogP contribution in [-0.2, 0) is 0 Å². The smallest absolute Gasteiger partial charge is 0.287 e. The van der Waals surface area contributed by atoms with Gasteiger partial charge in [-0.25, -0.2) is 4.39 Å². The molecule has 1 N–H and O–H groups in total. The summed E-state index contributed by atoms with van der Waals surface area (Å²) in [6.45, 7) is 2.71. The topological polar surface area (TPSA) is 71.8 Å². The molecule has 1 aromatic carbocycles. The molecule has 2 heterocycles. The third kappa shape index (κ3) is 3.71. The highest BCUT2D eigenvalue weighted by molar-refractivity contribution is 5.95. The number of carbonyl (C=O) groups excluding carboxylic acids is 2. The van der Waals surface area contributed by atoms with Gasteiger partial charge in [0.2, 0.25) is 0 Å². The number of hydrogen-bond donors (Lipinski definition) is 1. The summed E-state index contributed by atoms with van der Waals surface area (Å²) in [5.41, 5.74) is 0.810. The zero-order valence-electron chi connectivity index (χ0n) is 14.8. The largest absolute Gasteiger partial charge is 0.497 e. The number of likely N-dealkylation sites (tertiary alicyclic amines) is 1. The molecule has 1 saturated heterocycles. The number of benzene rings is 1. The quantitative estimate of drug-likeness (QED) is 0.910. The molecular formula is C19H21FN2O4. The van der Waals surface area contributed by atoms with E-state index in [4.69, 9.17) is 9.15 Å². The number of nitrogens with one attached hydrogen (secondary N) is 1. The molecule has 2 aromatic rings. The van der Waals surface area contributed by atoms with Crippen LogP contribution in [0.3, 0.4) is 0 Å². The maximum absolute atomic E-state index is 14.1. The van der Waals surface area contributed by atoms with E-state index >= 15 is 0 Å². The molecule has 1 aliphatic heterocycles. The minimum Gasteiger partial charge on any atom is -0.497 e. The standard InChI is InChI=1S/C19H21FN2O4/c1-12-7-10-26-17(12)18(23)21-13-5-8-22(9-6-13)19(24)15-4-3-14(25-2)11-16(15)20/h3-4,7,10-11,13H,5-6,8-9H2,1-2H3,(H,21,23). The molecule has 2 amide bonds. The molecule has 26 heavy (non-hydrogen) atoms. The van der Waals surface area contributed by atoms with Crippen LogP contribution in [0.2, 0.25) is 0 Å². The Hall–Kier alpha value is -2.83. The van der Waals surface area contributed by atoms with Crippen molar-refractivity contribution >= 4 is 11.8 Å². The van der Waals surface area contributed by atoms with E-state index in [9.17, 15) is 14.0 Å². The van der Waals surface area contributed by atoms with Crippen LogP contribution in [0.25, 0.3) is 0 Å². The molecule has 138 valence electrons. The number of methoxy groups -OCH3 is 1. The van der Waals surface area contributed by atoms with Gasteiger partial charge >= 0.3 is 0 Å². The summed E-state index contributed by atoms with van der Waals surface area (Å²) < 4.78 is 24.2. The Morgan fingerprint density at radius 3 is 2.58 bits per heavy atom. The Bertz CT molecular complexity index is 810. The van der Waals surface area contributed by atoms with Crippen molar-refractivity contribution in [2.45, 2.75) is 25.8 Å². The van der Waals surface area contributed by atoms with E-state index in [1.54, 1.807) is 17.0 Å². The molecule has 0 unspecified atom stereocenters. The van der Waals surface area contributed by atoms with Crippen molar-refractivity contribution in [1.29, 1.82) is 0 Å². The molecule has 7 heteroatoms. The summed E-state index contributed by atoms with van der Waals surface area (Å²) in [6, 6.07) is 5.89. The Kier molecular flexibility index (Phi) is 5.25. The van der Waals surface area contributed by atoms with Crippen LogP contribution in [0.4, 0.5) is 4.39 Å². The molecule has 0 aliphatic carbocycles. The van der Waals surface area contributed by atoms with Gasteiger partial charge in [0.1, 0.15) is 11.6 Å². The number of aryl methyl sites for hydroxylation is 1. The number of amides is 2. The number of carbonyl (C=O) groups is 2. The SMILES string of the molecule is COc1ccc(C(=O)N2CCC(NC(=O)c3occc3C)CC2)c(F)c1. The van der Waals surface area contributed by atoms with Gasteiger partial charge in [-0.15, -0.1) is 0 Å². The fourth-order valence-corrected chi connectivity index (χ4v) is 3.05. The lowest BCUT2D eigenvalue weighted by atomic mass is 10.0. The number of nitrogens with zero attached hydrogens (tertiary/aromatic N) is 1. The number of rotatable bonds is 4. The highest BCUT2D eigenvalue weighted by Gasteiger charge is 2.27. The number of ether oxygens (including phenoxy) is 1. The van der Waals surface area contributed by atoms with E-state index in [-0.39, 0.29) is 23.4 Å². The molecular weight excluding hydrogens is 339 g/mol. The van der Waals surface area contributed by atoms with Crippen molar-refractivity contribution in [3.63, 3.8) is 0 Å². The van der Waals surface area contributed by atoms with Crippen molar-refractivity contribution in [1.82, 2.24) is 10.2 Å². The average Bonchev–Trinajstić information content (AvgIpc) is 3.07. The molecule has 1 fully saturated rings. The third-order valence-electron chi connectivity index (χ3n) is 4.59. The zero-order valence-corrected chi connectivity index (χ0v) is 14.8. The van der Waals surface area contributed by atoms with Crippen molar-refractivity contribution in [2.24, 2.45) is 0 Å². The lowest BCUT2D eigenvalue weighted by Crippen LogP contribution is -2.46. The molecule has 0 bridgehead atoms. The van der Waals surface area contributed by atoms with E-state index < -0.39 is 5.82 Å². The molecule has 0 saturated carbocycles. The van der Waals surface area contributed by atoms with Gasteiger partial charge in [0.05, 0.1) is 18.9 Å². The Labute approximate surface area is 150 Å². The van der Waals surface area contributed by atoms with Crippen molar-refractivity contribution in [3.05, 3.63) is 53.2 Å². The van der Waals surface area contributed by atoms with Crippen LogP contribution in [-0.4, -0.2) is 43.0 Å². The predicted octanol–water partition coefficient (Wildman–Crippen LogP) is 2.77. The normalized spacial score (nSPS) is 15.0. The second kappa shape index (κ2) is 7.59. The van der Waals surface area contributed by atoms with E-state index in [0.29, 0.717) is 37.4 Å². The first-order valence-electron chi connectivity index (χ1n) is 8.47. The first-order valence-corrected chi connectivity index (χ1v) is 8.47. The Morgan fingerprint density at radius 1 is 1.27 bits per heavy atom. The molecule has 0 spiro atoms. The lowest BCUT2D eigenvalue weighted by Gasteiger charge is -2.32. The molecule has 0 atom stereocenters. The maximum Gasteiger partial charge on any atom is 0.287 e. The van der Waals surface area contributed by atoms with Crippen LogP contribution >= 0.6 is 0 Å². The van der Waals surface area contributed by atoms with Gasteiger partial charge in [0.25, 0.3) is 11.8 Å². The van der Waals surface area contributed by atoms with Gasteiger partial charge in [-0.2, -0.15) is 0 Å². The molecule has 1 aromatic heterocycles. The fourth-order valence-electron chi connectivity index (χ4n) is 3.05. The maximum atomic E-state index is 14.1. The van der Waals surface area contributed by atoms with Crippen LogP contribution in [0.15, 0.2) is 34.9 Å². The van der Waals surface area contributed by atoms with E-state index in [2.05, 4.69) is 5.32 Å². The summed E-state index contributed by atoms with van der Waals surface area (Å²) in [5, 5.41) is 2.93. The highest BCUT2D eigenvalue weighted by Crippen LogP contribution is 2.20. The monoisotopic (exact) mass is 360 g/mol. The first-order chi connectivity index (χ1) is 12.5. The number of hydrogen-bond acceptors (Lipinski definition) is 4. The number of piperidine rings is 1. The van der Waals surface area contributed by atoms with Crippen LogP contribution in [0.5, 0.6) is 5.75 Å². The van der Waals surface area contributed by atoms with Gasteiger partial charge < -0.3 is 19.4 Å².